The van der Waals surface area contributed by atoms with Gasteiger partial charge < -0.3 is 0 Å². The van der Waals surface area contributed by atoms with E-state index in [0.29, 0.717) is 0 Å². The van der Waals surface area contributed by atoms with Gasteiger partial charge in [-0.3, -0.25) is 0 Å². The molecule has 0 saturated carbocycles. The molecule has 0 aliphatic rings. The summed E-state index contributed by atoms with van der Waals surface area (Å²) in [5.74, 6) is 1.68. The molecular formula is C8H18Br2Hf. The van der Waals surface area contributed by atoms with Crippen molar-refractivity contribution in [1.29, 1.82) is 0 Å². The van der Waals surface area contributed by atoms with Gasteiger partial charge in [0.25, 0.3) is 0 Å². The Bertz CT molecular complexity index is 98.7. The van der Waals surface area contributed by atoms with Gasteiger partial charge in [-0.05, 0) is 0 Å². The molecule has 0 radical (unpaired) electrons. The van der Waals surface area contributed by atoms with Gasteiger partial charge in [0.15, 0.2) is 0 Å². The van der Waals surface area contributed by atoms with Gasteiger partial charge in [0.2, 0.25) is 0 Å². The van der Waals surface area contributed by atoms with Crippen LogP contribution in [-0.2, 0) is 15.3 Å². The SMILES string of the molecule is CC(C)[CH2][Hf]([Br])([Br])[CH2]C(C)C. The average molecular weight is 453 g/mol. The fourth-order valence-electron chi connectivity index (χ4n) is 1.28. The predicted molar refractivity (Wildman–Crippen MR) is 57.1 cm³/mol. The minimum absolute atomic E-state index is 0.842. The van der Waals surface area contributed by atoms with Crippen molar-refractivity contribution in [1.82, 2.24) is 0 Å². The Morgan fingerprint density at radius 2 is 1.18 bits per heavy atom. The second-order valence-corrected chi connectivity index (χ2v) is 46.7. The van der Waals surface area contributed by atoms with E-state index in [1.807, 2.05) is 0 Å². The zero-order chi connectivity index (χ0) is 9.07. The van der Waals surface area contributed by atoms with Crippen LogP contribution in [0.5, 0.6) is 0 Å². The molecule has 0 nitrogen and oxygen atoms in total. The van der Waals surface area contributed by atoms with Gasteiger partial charge >= 0.3 is 87.8 Å². The number of hydrogen-bond donors (Lipinski definition) is 0. The van der Waals surface area contributed by atoms with E-state index in [1.165, 1.54) is 8.35 Å². The molecule has 0 heterocycles. The van der Waals surface area contributed by atoms with Gasteiger partial charge in [-0.2, -0.15) is 0 Å². The third-order valence-electron chi connectivity index (χ3n) is 1.41. The van der Waals surface area contributed by atoms with Crippen molar-refractivity contribution in [3.63, 3.8) is 0 Å². The monoisotopic (exact) mass is 452 g/mol. The molecule has 0 unspecified atom stereocenters. The molecule has 0 spiro atoms. The van der Waals surface area contributed by atoms with Crippen LogP contribution in [0.3, 0.4) is 0 Å². The van der Waals surface area contributed by atoms with Crippen LogP contribution in [0.4, 0.5) is 0 Å². The molecule has 0 aromatic carbocycles. The third-order valence-corrected chi connectivity index (χ3v) is 22.2. The van der Waals surface area contributed by atoms with Crippen molar-refractivity contribution in [3.05, 3.63) is 0 Å². The maximum absolute atomic E-state index is 3.92. The van der Waals surface area contributed by atoms with E-state index in [-0.39, 0.29) is 0 Å². The summed E-state index contributed by atoms with van der Waals surface area (Å²) >= 11 is 5.82. The summed E-state index contributed by atoms with van der Waals surface area (Å²) in [6, 6.07) is 0. The molecule has 0 amide bonds. The van der Waals surface area contributed by atoms with Crippen molar-refractivity contribution < 1.29 is 15.3 Å². The molecule has 3 heteroatoms. The molecule has 0 bridgehead atoms. The van der Waals surface area contributed by atoms with Crippen LogP contribution >= 0.6 is 24.6 Å². The summed E-state index contributed by atoms with van der Waals surface area (Å²) < 4.78 is 2.82. The Kier molecular flexibility index (Phi) is 6.46. The Morgan fingerprint density at radius 1 is 0.909 bits per heavy atom. The van der Waals surface area contributed by atoms with E-state index in [4.69, 9.17) is 0 Å². The number of halogens is 2. The molecule has 0 fully saturated rings. The third kappa shape index (κ3) is 8.17. The summed E-state index contributed by atoms with van der Waals surface area (Å²) in [7, 11) is 0. The molecule has 0 saturated heterocycles. The Labute approximate surface area is 86.8 Å². The first kappa shape index (κ1) is 12.8. The molecule has 0 atom stereocenters. The van der Waals surface area contributed by atoms with E-state index in [9.17, 15) is 0 Å². The normalized spacial score (nSPS) is 13.1. The summed E-state index contributed by atoms with van der Waals surface area (Å²) in [6.45, 7) is 9.21. The first-order valence-corrected chi connectivity index (χ1v) is 25.0. The molecule has 0 aromatic heterocycles. The van der Waals surface area contributed by atoms with Crippen LogP contribution < -0.4 is 0 Å². The summed E-state index contributed by atoms with van der Waals surface area (Å²) in [4.78, 5) is 0. The fourth-order valence-corrected chi connectivity index (χ4v) is 31.7. The fraction of sp³-hybridized carbons (Fsp3) is 1.00. The Morgan fingerprint density at radius 3 is 1.36 bits per heavy atom. The van der Waals surface area contributed by atoms with E-state index >= 15 is 0 Å². The number of hydrogen-bond acceptors (Lipinski definition) is 0. The van der Waals surface area contributed by atoms with Gasteiger partial charge in [-0.25, -0.2) is 0 Å². The van der Waals surface area contributed by atoms with E-state index < -0.39 is 15.3 Å². The second kappa shape index (κ2) is 5.54. The van der Waals surface area contributed by atoms with Gasteiger partial charge in [0.1, 0.15) is 0 Å². The quantitative estimate of drug-likeness (QED) is 0.532. The molecule has 0 aliphatic heterocycles. The second-order valence-electron chi connectivity index (χ2n) is 4.05. The summed E-state index contributed by atoms with van der Waals surface area (Å²) in [5.41, 5.74) is 0. The van der Waals surface area contributed by atoms with Crippen molar-refractivity contribution in [3.8, 4) is 0 Å². The van der Waals surface area contributed by atoms with E-state index in [0.717, 1.165) is 11.8 Å². The van der Waals surface area contributed by atoms with Crippen molar-refractivity contribution in [2.24, 2.45) is 11.8 Å². The molecule has 0 N–H and O–H groups in total. The van der Waals surface area contributed by atoms with Crippen molar-refractivity contribution in [2.75, 3.05) is 0 Å². The molecular weight excluding hydrogens is 434 g/mol. The van der Waals surface area contributed by atoms with Gasteiger partial charge in [0, 0.05) is 0 Å². The zero-order valence-corrected chi connectivity index (χ0v) is 14.6. The first-order chi connectivity index (χ1) is 4.83. The zero-order valence-electron chi connectivity index (χ0n) is 7.82. The molecule has 0 aliphatic carbocycles. The van der Waals surface area contributed by atoms with E-state index in [2.05, 4.69) is 52.3 Å². The predicted octanol–water partition coefficient (Wildman–Crippen LogP) is 4.91. The van der Waals surface area contributed by atoms with Gasteiger partial charge in [-0.1, -0.05) is 0 Å². The molecule has 0 rings (SSSR count). The minimum atomic E-state index is -2.03. The van der Waals surface area contributed by atoms with Gasteiger partial charge in [0.05, 0.1) is 0 Å². The van der Waals surface area contributed by atoms with Gasteiger partial charge in [-0.15, -0.1) is 0 Å². The van der Waals surface area contributed by atoms with Crippen LogP contribution in [0.25, 0.3) is 0 Å². The van der Waals surface area contributed by atoms with Crippen LogP contribution in [0.15, 0.2) is 0 Å². The maximum atomic E-state index is 3.92. The summed E-state index contributed by atoms with van der Waals surface area (Å²) in [6.07, 6.45) is 0. The standard InChI is InChI=1S/2C4H9.2BrH.Hf/c2*1-4(2)3;;;/h2*4H,1H2,2-3H3;2*1H;/q;;;;+2/p-2. The van der Waals surface area contributed by atoms with Crippen LogP contribution in [0, 0.1) is 11.8 Å². The molecule has 0 aromatic rings. The molecule has 11 heavy (non-hydrogen) atoms. The first-order valence-electron chi connectivity index (χ1n) is 4.21. The Balaban J connectivity index is 3.79. The molecule has 68 valence electrons. The topological polar surface area (TPSA) is 0 Å². The van der Waals surface area contributed by atoms with Crippen LogP contribution in [-0.4, -0.2) is 0 Å². The van der Waals surface area contributed by atoms with Crippen molar-refractivity contribution in [2.45, 2.75) is 36.0 Å². The van der Waals surface area contributed by atoms with E-state index in [1.54, 1.807) is 0 Å². The number of rotatable bonds is 4. The average Bonchev–Trinajstić information content (AvgIpc) is 1.53. The van der Waals surface area contributed by atoms with Crippen LogP contribution in [0.2, 0.25) is 8.35 Å². The van der Waals surface area contributed by atoms with Crippen molar-refractivity contribution >= 4 is 24.6 Å². The van der Waals surface area contributed by atoms with Crippen LogP contribution in [0.1, 0.15) is 27.7 Å². The summed E-state index contributed by atoms with van der Waals surface area (Å²) in [5, 5.41) is 0. The Hall–Kier alpha value is 1.83.